The molecule has 0 aliphatic heterocycles. The van der Waals surface area contributed by atoms with Crippen molar-refractivity contribution >= 4 is 46.0 Å². The van der Waals surface area contributed by atoms with E-state index in [1.165, 1.54) is 21.7 Å². The zero-order valence-corrected chi connectivity index (χ0v) is 21.1. The minimum absolute atomic E-state index is 0.337. The third kappa shape index (κ3) is 8.17. The standard InChI is InChI=1S/C22H33N5O4S2/c1-5-8-17(27(31)14-28)16(11-6-9-15-10-7-12-32-15)19(29)24-18(22(2,3)4)20(30)25-21-26-23-13-33-21/h7,10,12-14,16-18,31H,5-6,8-9,11H2,1-4H3,(H,24,29)(H,25,26,30)/t16-,17+,18-/m1/s1. The van der Waals surface area contributed by atoms with E-state index >= 15 is 0 Å². The largest absolute Gasteiger partial charge is 0.343 e. The fraction of sp³-hybridized carbons (Fsp3) is 0.591. The number of hydroxylamine groups is 2. The highest BCUT2D eigenvalue weighted by Gasteiger charge is 2.38. The van der Waals surface area contributed by atoms with Crippen molar-refractivity contribution in [1.29, 1.82) is 0 Å². The molecular weight excluding hydrogens is 462 g/mol. The van der Waals surface area contributed by atoms with Crippen molar-refractivity contribution in [1.82, 2.24) is 20.6 Å². The summed E-state index contributed by atoms with van der Waals surface area (Å²) in [4.78, 5) is 39.0. The number of hydrogen-bond acceptors (Lipinski definition) is 8. The lowest BCUT2D eigenvalue weighted by Crippen LogP contribution is -2.55. The number of nitrogens with one attached hydrogen (secondary N) is 2. The molecule has 0 bridgehead atoms. The van der Waals surface area contributed by atoms with Gasteiger partial charge < -0.3 is 5.32 Å². The summed E-state index contributed by atoms with van der Waals surface area (Å²) >= 11 is 2.84. The first kappa shape index (κ1) is 26.9. The molecule has 33 heavy (non-hydrogen) atoms. The topological polar surface area (TPSA) is 125 Å². The summed E-state index contributed by atoms with van der Waals surface area (Å²) in [6.07, 6.45) is 3.46. The van der Waals surface area contributed by atoms with Crippen LogP contribution in [0, 0.1) is 11.3 Å². The van der Waals surface area contributed by atoms with Crippen molar-refractivity contribution in [2.45, 2.75) is 71.9 Å². The van der Waals surface area contributed by atoms with E-state index in [2.05, 4.69) is 20.8 Å². The predicted octanol–water partition coefficient (Wildman–Crippen LogP) is 3.72. The van der Waals surface area contributed by atoms with Crippen LogP contribution in [0.4, 0.5) is 5.13 Å². The van der Waals surface area contributed by atoms with Gasteiger partial charge in [0.05, 0.1) is 12.0 Å². The number of carbonyl (C=O) groups excluding carboxylic acids is 3. The Labute approximate surface area is 202 Å². The Morgan fingerprint density at radius 1 is 1.24 bits per heavy atom. The van der Waals surface area contributed by atoms with Gasteiger partial charge in [0.15, 0.2) is 0 Å². The maximum atomic E-state index is 13.5. The molecule has 0 radical (unpaired) electrons. The molecule has 2 aromatic rings. The molecule has 2 rings (SSSR count). The molecule has 0 aromatic carbocycles. The summed E-state index contributed by atoms with van der Waals surface area (Å²) < 4.78 is 0. The highest BCUT2D eigenvalue weighted by molar-refractivity contribution is 7.13. The molecule has 2 aromatic heterocycles. The van der Waals surface area contributed by atoms with E-state index in [1.807, 2.05) is 45.2 Å². The third-order valence-corrected chi connectivity index (χ3v) is 6.90. The molecule has 3 N–H and O–H groups in total. The van der Waals surface area contributed by atoms with Crippen LogP contribution in [0.5, 0.6) is 0 Å². The minimum Gasteiger partial charge on any atom is -0.343 e. The van der Waals surface area contributed by atoms with Gasteiger partial charge in [-0.05, 0) is 42.5 Å². The quantitative estimate of drug-likeness (QED) is 0.221. The highest BCUT2D eigenvalue weighted by atomic mass is 32.1. The Balaban J connectivity index is 2.20. The second-order valence-electron chi connectivity index (χ2n) is 8.96. The maximum Gasteiger partial charge on any atom is 0.249 e. The van der Waals surface area contributed by atoms with Gasteiger partial charge in [-0.15, -0.1) is 21.5 Å². The predicted molar refractivity (Wildman–Crippen MR) is 129 cm³/mol. The van der Waals surface area contributed by atoms with E-state index < -0.39 is 29.3 Å². The highest BCUT2D eigenvalue weighted by Crippen LogP contribution is 2.26. The number of carbonyl (C=O) groups is 3. The molecule has 9 nitrogen and oxygen atoms in total. The van der Waals surface area contributed by atoms with Gasteiger partial charge in [-0.2, -0.15) is 0 Å². The van der Waals surface area contributed by atoms with E-state index in [-0.39, 0.29) is 5.91 Å². The lowest BCUT2D eigenvalue weighted by atomic mass is 9.84. The van der Waals surface area contributed by atoms with Gasteiger partial charge in [0, 0.05) is 4.88 Å². The van der Waals surface area contributed by atoms with Crippen LogP contribution in [0.1, 0.15) is 58.3 Å². The van der Waals surface area contributed by atoms with E-state index in [4.69, 9.17) is 0 Å². The number of aryl methyl sites for hydroxylation is 1. The molecule has 3 amide bonds. The zero-order valence-electron chi connectivity index (χ0n) is 19.5. The number of thiophene rings is 1. The molecule has 0 saturated heterocycles. The normalized spacial score (nSPS) is 14.2. The van der Waals surface area contributed by atoms with Crippen LogP contribution >= 0.6 is 22.7 Å². The van der Waals surface area contributed by atoms with E-state index in [1.54, 1.807) is 11.3 Å². The number of nitrogens with zero attached hydrogens (tertiary/aromatic N) is 3. The monoisotopic (exact) mass is 495 g/mol. The molecular formula is C22H33N5O4S2. The Hall–Kier alpha value is -2.37. The minimum atomic E-state index is -0.848. The fourth-order valence-corrected chi connectivity index (χ4v) is 4.87. The van der Waals surface area contributed by atoms with Gasteiger partial charge in [0.25, 0.3) is 0 Å². The van der Waals surface area contributed by atoms with E-state index in [0.717, 1.165) is 6.42 Å². The Bertz CT molecular complexity index is 868. The Kier molecular flexibility index (Phi) is 10.4. The smallest absolute Gasteiger partial charge is 0.249 e. The molecule has 0 fully saturated rings. The summed E-state index contributed by atoms with van der Waals surface area (Å²) in [5.74, 6) is -1.43. The first-order chi connectivity index (χ1) is 15.7. The fourth-order valence-electron chi connectivity index (χ4n) is 3.67. The lowest BCUT2D eigenvalue weighted by molar-refractivity contribution is -0.169. The second kappa shape index (κ2) is 12.8. The first-order valence-electron chi connectivity index (χ1n) is 11.0. The molecule has 182 valence electrons. The van der Waals surface area contributed by atoms with E-state index in [0.29, 0.717) is 42.3 Å². The first-order valence-corrected chi connectivity index (χ1v) is 12.8. The van der Waals surface area contributed by atoms with Crippen molar-refractivity contribution in [3.63, 3.8) is 0 Å². The van der Waals surface area contributed by atoms with E-state index in [9.17, 15) is 19.6 Å². The van der Waals surface area contributed by atoms with Gasteiger partial charge >= 0.3 is 0 Å². The summed E-state index contributed by atoms with van der Waals surface area (Å²) in [5, 5.41) is 26.3. The number of hydrogen-bond donors (Lipinski definition) is 3. The summed E-state index contributed by atoms with van der Waals surface area (Å²) in [6.45, 7) is 7.50. The molecule has 11 heteroatoms. The van der Waals surface area contributed by atoms with Crippen molar-refractivity contribution in [3.8, 4) is 0 Å². The molecule has 0 saturated carbocycles. The molecule has 0 aliphatic rings. The van der Waals surface area contributed by atoms with Gasteiger partial charge in [0.2, 0.25) is 23.4 Å². The van der Waals surface area contributed by atoms with Gasteiger partial charge in [-0.25, -0.2) is 5.06 Å². The number of aromatic nitrogens is 2. The second-order valence-corrected chi connectivity index (χ2v) is 10.8. The van der Waals surface area contributed by atoms with Gasteiger partial charge in [0.1, 0.15) is 11.6 Å². The Morgan fingerprint density at radius 2 is 2.00 bits per heavy atom. The maximum absolute atomic E-state index is 13.5. The summed E-state index contributed by atoms with van der Waals surface area (Å²) in [6, 6.07) is 2.50. The number of rotatable bonds is 13. The molecule has 0 unspecified atom stereocenters. The Morgan fingerprint density at radius 3 is 2.55 bits per heavy atom. The van der Waals surface area contributed by atoms with Crippen LogP contribution in [0.3, 0.4) is 0 Å². The average molecular weight is 496 g/mol. The van der Waals surface area contributed by atoms with Gasteiger partial charge in [-0.1, -0.05) is 51.5 Å². The van der Waals surface area contributed by atoms with Crippen LogP contribution in [-0.2, 0) is 20.8 Å². The number of amides is 3. The van der Waals surface area contributed by atoms with Crippen molar-refractivity contribution in [3.05, 3.63) is 27.9 Å². The molecule has 3 atom stereocenters. The van der Waals surface area contributed by atoms with Crippen LogP contribution in [0.15, 0.2) is 23.0 Å². The zero-order chi connectivity index (χ0) is 24.4. The number of anilines is 1. The van der Waals surface area contributed by atoms with Crippen LogP contribution in [0.2, 0.25) is 0 Å². The van der Waals surface area contributed by atoms with Crippen LogP contribution in [-0.4, -0.2) is 50.8 Å². The summed E-state index contributed by atoms with van der Waals surface area (Å²) in [7, 11) is 0. The lowest BCUT2D eigenvalue weighted by Gasteiger charge is -2.34. The van der Waals surface area contributed by atoms with Crippen molar-refractivity contribution < 1.29 is 19.6 Å². The van der Waals surface area contributed by atoms with Crippen molar-refractivity contribution in [2.24, 2.45) is 11.3 Å². The molecule has 0 aliphatic carbocycles. The average Bonchev–Trinajstić information content (AvgIpc) is 3.46. The molecule has 2 heterocycles. The summed E-state index contributed by atoms with van der Waals surface area (Å²) in [5.41, 5.74) is 0.921. The molecule has 0 spiro atoms. The van der Waals surface area contributed by atoms with Crippen LogP contribution in [0.25, 0.3) is 0 Å². The van der Waals surface area contributed by atoms with Gasteiger partial charge in [-0.3, -0.25) is 24.9 Å². The SMILES string of the molecule is CCC[C@@H]([C@@H](CCCc1cccs1)C(=O)N[C@H](C(=O)Nc1nncs1)C(C)(C)C)N(O)C=O. The van der Waals surface area contributed by atoms with Crippen LogP contribution < -0.4 is 10.6 Å². The third-order valence-electron chi connectivity index (χ3n) is 5.36. The van der Waals surface area contributed by atoms with Crippen molar-refractivity contribution in [2.75, 3.05) is 5.32 Å².